The van der Waals surface area contributed by atoms with Crippen LogP contribution in [0.4, 0.5) is 0 Å². The Labute approximate surface area is 84.6 Å². The van der Waals surface area contributed by atoms with Gasteiger partial charge in [0.15, 0.2) is 0 Å². The van der Waals surface area contributed by atoms with Gasteiger partial charge in [-0.15, -0.1) is 0 Å². The van der Waals surface area contributed by atoms with E-state index in [1.807, 2.05) is 26.0 Å². The van der Waals surface area contributed by atoms with Crippen LogP contribution >= 0.6 is 0 Å². The van der Waals surface area contributed by atoms with Gasteiger partial charge in [0.2, 0.25) is 5.91 Å². The second kappa shape index (κ2) is 5.37. The first kappa shape index (κ1) is 10.7. The van der Waals surface area contributed by atoms with E-state index in [1.54, 1.807) is 0 Å². The normalized spacial score (nSPS) is 15.6. The summed E-state index contributed by atoms with van der Waals surface area (Å²) in [6.07, 6.45) is 7.39. The fourth-order valence-corrected chi connectivity index (χ4v) is 1.16. The summed E-state index contributed by atoms with van der Waals surface area (Å²) in [6, 6.07) is 0. The lowest BCUT2D eigenvalue weighted by Crippen LogP contribution is -2.24. The molecule has 0 unspecified atom stereocenters. The molecule has 1 aliphatic heterocycles. The fraction of sp³-hybridized carbons (Fsp3) is 0.455. The fourth-order valence-electron chi connectivity index (χ4n) is 1.16. The number of hydrogen-bond acceptors (Lipinski definition) is 2. The summed E-state index contributed by atoms with van der Waals surface area (Å²) in [5.41, 5.74) is 1.99. The first-order valence-electron chi connectivity index (χ1n) is 4.89. The van der Waals surface area contributed by atoms with Crippen molar-refractivity contribution in [3.8, 4) is 0 Å². The van der Waals surface area contributed by atoms with Crippen LogP contribution < -0.4 is 5.32 Å². The van der Waals surface area contributed by atoms with Gasteiger partial charge in [-0.3, -0.25) is 9.79 Å². The molecule has 1 rings (SSSR count). The molecule has 76 valence electrons. The van der Waals surface area contributed by atoms with Gasteiger partial charge in [0, 0.05) is 18.6 Å². The van der Waals surface area contributed by atoms with Gasteiger partial charge in [0.25, 0.3) is 0 Å². The number of nitrogens with one attached hydrogen (secondary N) is 1. The molecule has 0 aromatic rings. The molecule has 0 spiro atoms. The first-order chi connectivity index (χ1) is 6.72. The Morgan fingerprint density at radius 3 is 3.14 bits per heavy atom. The average molecular weight is 192 g/mol. The first-order valence-corrected chi connectivity index (χ1v) is 4.89. The molecule has 1 aliphatic rings. The highest BCUT2D eigenvalue weighted by atomic mass is 16.1. The molecule has 1 heterocycles. The van der Waals surface area contributed by atoms with Crippen LogP contribution in [0.15, 0.2) is 28.9 Å². The summed E-state index contributed by atoms with van der Waals surface area (Å²) in [5, 5.41) is 2.80. The minimum Gasteiger partial charge on any atom is -0.350 e. The van der Waals surface area contributed by atoms with E-state index < -0.39 is 0 Å². The number of rotatable bonds is 3. The quantitative estimate of drug-likeness (QED) is 0.728. The molecule has 3 nitrogen and oxygen atoms in total. The van der Waals surface area contributed by atoms with Crippen LogP contribution in [0.25, 0.3) is 0 Å². The van der Waals surface area contributed by atoms with Gasteiger partial charge in [-0.05, 0) is 13.0 Å². The maximum absolute atomic E-state index is 11.0. The van der Waals surface area contributed by atoms with Crippen LogP contribution in [0, 0.1) is 0 Å². The maximum Gasteiger partial charge on any atom is 0.220 e. The van der Waals surface area contributed by atoms with Gasteiger partial charge < -0.3 is 5.32 Å². The van der Waals surface area contributed by atoms with Crippen LogP contribution in [0.1, 0.15) is 26.7 Å². The lowest BCUT2D eigenvalue weighted by Gasteiger charge is -2.03. The Morgan fingerprint density at radius 2 is 2.43 bits per heavy atom. The smallest absolute Gasteiger partial charge is 0.220 e. The van der Waals surface area contributed by atoms with Crippen molar-refractivity contribution in [2.45, 2.75) is 26.7 Å². The Hall–Kier alpha value is -1.38. The van der Waals surface area contributed by atoms with Crippen molar-refractivity contribution in [3.05, 3.63) is 23.9 Å². The van der Waals surface area contributed by atoms with Crippen molar-refractivity contribution in [1.82, 2.24) is 5.32 Å². The Morgan fingerprint density at radius 1 is 1.64 bits per heavy atom. The van der Waals surface area contributed by atoms with Crippen molar-refractivity contribution in [2.24, 2.45) is 4.99 Å². The molecule has 0 aliphatic carbocycles. The average Bonchev–Trinajstić information content (AvgIpc) is 2.39. The molecule has 14 heavy (non-hydrogen) atoms. The van der Waals surface area contributed by atoms with Gasteiger partial charge >= 0.3 is 0 Å². The van der Waals surface area contributed by atoms with Gasteiger partial charge in [0.1, 0.15) is 0 Å². The van der Waals surface area contributed by atoms with Gasteiger partial charge in [-0.25, -0.2) is 0 Å². The zero-order valence-corrected chi connectivity index (χ0v) is 8.71. The van der Waals surface area contributed by atoms with Crippen LogP contribution in [-0.2, 0) is 4.79 Å². The lowest BCUT2D eigenvalue weighted by atomic mass is 10.3. The summed E-state index contributed by atoms with van der Waals surface area (Å²) in [7, 11) is 0. The van der Waals surface area contributed by atoms with E-state index in [4.69, 9.17) is 0 Å². The molecule has 3 heteroatoms. The molecule has 1 N–H and O–H groups in total. The Balaban J connectivity index is 2.51. The van der Waals surface area contributed by atoms with E-state index >= 15 is 0 Å². The van der Waals surface area contributed by atoms with Crippen molar-refractivity contribution < 1.29 is 4.79 Å². The predicted molar refractivity (Wildman–Crippen MR) is 58.2 cm³/mol. The monoisotopic (exact) mass is 192 g/mol. The van der Waals surface area contributed by atoms with Gasteiger partial charge in [-0.1, -0.05) is 19.1 Å². The highest BCUT2D eigenvalue weighted by molar-refractivity contribution is 5.84. The highest BCUT2D eigenvalue weighted by Gasteiger charge is 2.01. The number of carbonyl (C=O) groups is 1. The third kappa shape index (κ3) is 3.56. The van der Waals surface area contributed by atoms with Crippen molar-refractivity contribution in [1.29, 1.82) is 0 Å². The molecule has 0 atom stereocenters. The molecular weight excluding hydrogens is 176 g/mol. The molecule has 0 bridgehead atoms. The third-order valence-electron chi connectivity index (χ3n) is 1.96. The number of hydrogen-bond donors (Lipinski definition) is 1. The Bertz CT molecular complexity index is 300. The van der Waals surface area contributed by atoms with E-state index in [2.05, 4.69) is 16.4 Å². The summed E-state index contributed by atoms with van der Waals surface area (Å²) >= 11 is 0. The molecule has 0 saturated carbocycles. The number of aliphatic imine (C=N–C) groups is 1. The lowest BCUT2D eigenvalue weighted by molar-refractivity contribution is -0.120. The van der Waals surface area contributed by atoms with Crippen LogP contribution in [0.2, 0.25) is 0 Å². The minimum absolute atomic E-state index is 0.0620. The predicted octanol–water partition coefficient (Wildman–Crippen LogP) is 1.82. The number of allylic oxidation sites excluding steroid dienone is 3. The van der Waals surface area contributed by atoms with E-state index in [1.165, 1.54) is 0 Å². The van der Waals surface area contributed by atoms with E-state index in [9.17, 15) is 4.79 Å². The Kier molecular flexibility index (Phi) is 4.11. The summed E-state index contributed by atoms with van der Waals surface area (Å²) < 4.78 is 0. The van der Waals surface area contributed by atoms with Gasteiger partial charge in [0.05, 0.1) is 12.2 Å². The molecule has 0 fully saturated rings. The molecule has 0 saturated heterocycles. The number of nitrogens with zero attached hydrogens (tertiary/aromatic N) is 1. The molecule has 1 amide bonds. The largest absolute Gasteiger partial charge is 0.350 e. The van der Waals surface area contributed by atoms with Crippen molar-refractivity contribution in [2.75, 3.05) is 6.54 Å². The van der Waals surface area contributed by atoms with Crippen molar-refractivity contribution in [3.63, 3.8) is 0 Å². The maximum atomic E-state index is 11.0. The standard InChI is InChI=1S/C11H16N2O/c1-3-11(14)12-8-10-7-5-4-6-9(2)13-10/h4-5,7H,3,6,8H2,1-2H3,(H,12,14). The number of amides is 1. The van der Waals surface area contributed by atoms with E-state index in [0.717, 1.165) is 17.8 Å². The zero-order valence-electron chi connectivity index (χ0n) is 8.71. The molecule has 0 radical (unpaired) electrons. The second-order valence-corrected chi connectivity index (χ2v) is 3.27. The van der Waals surface area contributed by atoms with Crippen LogP contribution in [0.5, 0.6) is 0 Å². The van der Waals surface area contributed by atoms with E-state index in [0.29, 0.717) is 13.0 Å². The number of carbonyl (C=O) groups excluding carboxylic acids is 1. The van der Waals surface area contributed by atoms with Crippen LogP contribution in [0.3, 0.4) is 0 Å². The third-order valence-corrected chi connectivity index (χ3v) is 1.96. The second-order valence-electron chi connectivity index (χ2n) is 3.27. The minimum atomic E-state index is 0.0620. The molecular formula is C11H16N2O. The molecule has 0 aromatic carbocycles. The van der Waals surface area contributed by atoms with E-state index in [-0.39, 0.29) is 5.91 Å². The molecule has 0 aromatic heterocycles. The summed E-state index contributed by atoms with van der Waals surface area (Å²) in [5.74, 6) is 0.0620. The topological polar surface area (TPSA) is 41.5 Å². The summed E-state index contributed by atoms with van der Waals surface area (Å²) in [4.78, 5) is 15.4. The highest BCUT2D eigenvalue weighted by Crippen LogP contribution is 2.04. The van der Waals surface area contributed by atoms with Gasteiger partial charge in [-0.2, -0.15) is 0 Å². The SMILES string of the molecule is CCC(=O)NCC1=CC=CCC(C)=N1. The summed E-state index contributed by atoms with van der Waals surface area (Å²) in [6.45, 7) is 4.35. The van der Waals surface area contributed by atoms with Crippen molar-refractivity contribution >= 4 is 11.6 Å². The van der Waals surface area contributed by atoms with Crippen LogP contribution in [-0.4, -0.2) is 18.2 Å². The zero-order chi connectivity index (χ0) is 10.4.